The van der Waals surface area contributed by atoms with Crippen molar-refractivity contribution in [2.45, 2.75) is 32.7 Å². The molecule has 1 unspecified atom stereocenters. The monoisotopic (exact) mass is 282 g/mol. The molecule has 1 heterocycles. The van der Waals surface area contributed by atoms with Gasteiger partial charge in [0.15, 0.2) is 0 Å². The van der Waals surface area contributed by atoms with Gasteiger partial charge in [0, 0.05) is 18.3 Å². The van der Waals surface area contributed by atoms with Crippen LogP contribution in [-0.2, 0) is 0 Å². The van der Waals surface area contributed by atoms with Crippen molar-refractivity contribution in [1.29, 1.82) is 0 Å². The van der Waals surface area contributed by atoms with Gasteiger partial charge in [-0.25, -0.2) is 0 Å². The molecule has 0 aromatic heterocycles. The topological polar surface area (TPSA) is 29.3 Å². The van der Waals surface area contributed by atoms with E-state index in [9.17, 15) is 0 Å². The third kappa shape index (κ3) is 2.47. The summed E-state index contributed by atoms with van der Waals surface area (Å²) < 4.78 is 0. The standard InChI is InChI=1S/C14H19ClN2S/c1-9(2)11-7-4-8-17(11)12-6-3-5-10(15)13(12)14(16)18/h3,5-6,9,11H,4,7-8H2,1-2H3,(H2,16,18). The van der Waals surface area contributed by atoms with Gasteiger partial charge in [0.05, 0.1) is 10.6 Å². The quantitative estimate of drug-likeness (QED) is 0.859. The number of thiocarbonyl (C=S) groups is 1. The van der Waals surface area contributed by atoms with Gasteiger partial charge >= 0.3 is 0 Å². The van der Waals surface area contributed by atoms with Crippen molar-refractivity contribution in [1.82, 2.24) is 0 Å². The van der Waals surface area contributed by atoms with Crippen LogP contribution in [0, 0.1) is 5.92 Å². The van der Waals surface area contributed by atoms with E-state index in [1.807, 2.05) is 12.1 Å². The average Bonchev–Trinajstić information content (AvgIpc) is 2.76. The molecule has 0 radical (unpaired) electrons. The fraction of sp³-hybridized carbons (Fsp3) is 0.500. The number of hydrogen-bond acceptors (Lipinski definition) is 2. The van der Waals surface area contributed by atoms with Crippen LogP contribution in [0.3, 0.4) is 0 Å². The fourth-order valence-corrected chi connectivity index (χ4v) is 3.32. The summed E-state index contributed by atoms with van der Waals surface area (Å²) >= 11 is 11.4. The summed E-state index contributed by atoms with van der Waals surface area (Å²) in [4.78, 5) is 2.79. The minimum absolute atomic E-state index is 0.380. The fourth-order valence-electron chi connectivity index (χ4n) is 2.78. The molecule has 0 aliphatic carbocycles. The Morgan fingerprint density at radius 1 is 1.50 bits per heavy atom. The van der Waals surface area contributed by atoms with Gasteiger partial charge in [0.1, 0.15) is 4.99 Å². The number of benzene rings is 1. The Morgan fingerprint density at radius 3 is 2.83 bits per heavy atom. The van der Waals surface area contributed by atoms with Crippen LogP contribution < -0.4 is 10.6 Å². The first-order valence-electron chi connectivity index (χ1n) is 6.37. The lowest BCUT2D eigenvalue weighted by atomic mass is 10.0. The molecule has 2 nitrogen and oxygen atoms in total. The summed E-state index contributed by atoms with van der Waals surface area (Å²) in [6.07, 6.45) is 2.44. The summed E-state index contributed by atoms with van der Waals surface area (Å²) in [5.41, 5.74) is 7.73. The second-order valence-corrected chi connectivity index (χ2v) is 5.99. The first kappa shape index (κ1) is 13.6. The second-order valence-electron chi connectivity index (χ2n) is 5.15. The molecule has 2 N–H and O–H groups in total. The van der Waals surface area contributed by atoms with Crippen molar-refractivity contribution in [2.24, 2.45) is 11.7 Å². The van der Waals surface area contributed by atoms with Crippen LogP contribution in [0.4, 0.5) is 5.69 Å². The first-order valence-corrected chi connectivity index (χ1v) is 7.16. The molecule has 2 rings (SSSR count). The Kier molecular flexibility index (Phi) is 4.13. The molecule has 98 valence electrons. The predicted molar refractivity (Wildman–Crippen MR) is 82.5 cm³/mol. The molecule has 18 heavy (non-hydrogen) atoms. The van der Waals surface area contributed by atoms with Gasteiger partial charge in [-0.05, 0) is 30.9 Å². The Hall–Kier alpha value is -0.800. The molecule has 4 heteroatoms. The molecule has 1 aromatic rings. The molecule has 1 saturated heterocycles. The van der Waals surface area contributed by atoms with Gasteiger partial charge in [-0.1, -0.05) is 43.7 Å². The molecule has 1 aromatic carbocycles. The normalized spacial score (nSPS) is 19.6. The summed E-state index contributed by atoms with van der Waals surface area (Å²) in [6.45, 7) is 5.57. The highest BCUT2D eigenvalue weighted by atomic mass is 35.5. The molecule has 1 aliphatic heterocycles. The van der Waals surface area contributed by atoms with Crippen molar-refractivity contribution >= 4 is 34.5 Å². The molecule has 0 spiro atoms. The van der Waals surface area contributed by atoms with Crippen LogP contribution >= 0.6 is 23.8 Å². The first-order chi connectivity index (χ1) is 8.52. The number of rotatable bonds is 3. The SMILES string of the molecule is CC(C)C1CCCN1c1cccc(Cl)c1C(N)=S. The predicted octanol–water partition coefficient (Wildman–Crippen LogP) is 3.60. The maximum atomic E-state index is 6.24. The second kappa shape index (κ2) is 5.45. The van der Waals surface area contributed by atoms with Gasteiger partial charge in [-0.15, -0.1) is 0 Å². The van der Waals surface area contributed by atoms with Crippen molar-refractivity contribution in [2.75, 3.05) is 11.4 Å². The van der Waals surface area contributed by atoms with Gasteiger partial charge in [-0.3, -0.25) is 0 Å². The Balaban J connectivity index is 2.44. The maximum Gasteiger partial charge on any atom is 0.107 e. The van der Waals surface area contributed by atoms with E-state index in [-0.39, 0.29) is 0 Å². The number of nitrogens with zero attached hydrogens (tertiary/aromatic N) is 1. The minimum Gasteiger partial charge on any atom is -0.389 e. The molecule has 0 saturated carbocycles. The summed E-state index contributed by atoms with van der Waals surface area (Å²) in [5.74, 6) is 0.616. The van der Waals surface area contributed by atoms with Gasteiger partial charge in [0.2, 0.25) is 0 Å². The van der Waals surface area contributed by atoms with Crippen LogP contribution in [0.5, 0.6) is 0 Å². The lowest BCUT2D eigenvalue weighted by molar-refractivity contribution is 0.492. The van der Waals surface area contributed by atoms with E-state index in [4.69, 9.17) is 29.6 Å². The van der Waals surface area contributed by atoms with E-state index in [0.29, 0.717) is 22.0 Å². The molecular weight excluding hydrogens is 264 g/mol. The van der Waals surface area contributed by atoms with Crippen molar-refractivity contribution in [3.8, 4) is 0 Å². The minimum atomic E-state index is 0.380. The third-order valence-electron chi connectivity index (χ3n) is 3.62. The summed E-state index contributed by atoms with van der Waals surface area (Å²) in [5, 5.41) is 0.648. The highest BCUT2D eigenvalue weighted by molar-refractivity contribution is 7.80. The van der Waals surface area contributed by atoms with E-state index < -0.39 is 0 Å². The maximum absolute atomic E-state index is 6.24. The summed E-state index contributed by atoms with van der Waals surface area (Å²) in [7, 11) is 0. The number of anilines is 1. The molecule has 0 amide bonds. The third-order valence-corrected chi connectivity index (χ3v) is 4.14. The van der Waals surface area contributed by atoms with E-state index in [2.05, 4.69) is 24.8 Å². The lowest BCUT2D eigenvalue weighted by Crippen LogP contribution is -2.34. The van der Waals surface area contributed by atoms with Crippen LogP contribution in [0.2, 0.25) is 5.02 Å². The van der Waals surface area contributed by atoms with Crippen molar-refractivity contribution < 1.29 is 0 Å². The zero-order chi connectivity index (χ0) is 13.3. The van der Waals surface area contributed by atoms with E-state index in [1.165, 1.54) is 12.8 Å². The Bertz CT molecular complexity index is 459. The largest absolute Gasteiger partial charge is 0.389 e. The number of halogens is 1. The van der Waals surface area contributed by atoms with Crippen LogP contribution in [0.15, 0.2) is 18.2 Å². The van der Waals surface area contributed by atoms with Crippen molar-refractivity contribution in [3.63, 3.8) is 0 Å². The molecule has 1 atom stereocenters. The zero-order valence-corrected chi connectivity index (χ0v) is 12.4. The Morgan fingerprint density at radius 2 is 2.22 bits per heavy atom. The van der Waals surface area contributed by atoms with Crippen LogP contribution in [0.25, 0.3) is 0 Å². The van der Waals surface area contributed by atoms with E-state index >= 15 is 0 Å². The molecule has 1 aliphatic rings. The number of nitrogens with two attached hydrogens (primary N) is 1. The average molecular weight is 283 g/mol. The highest BCUT2D eigenvalue weighted by Crippen LogP contribution is 2.34. The summed E-state index contributed by atoms with van der Waals surface area (Å²) in [6, 6.07) is 6.44. The molecule has 0 bridgehead atoms. The van der Waals surface area contributed by atoms with Gasteiger partial charge < -0.3 is 10.6 Å². The number of hydrogen-bond donors (Lipinski definition) is 1. The van der Waals surface area contributed by atoms with Gasteiger partial charge in [0.25, 0.3) is 0 Å². The lowest BCUT2D eigenvalue weighted by Gasteiger charge is -2.31. The highest BCUT2D eigenvalue weighted by Gasteiger charge is 2.29. The van der Waals surface area contributed by atoms with Crippen molar-refractivity contribution in [3.05, 3.63) is 28.8 Å². The van der Waals surface area contributed by atoms with Crippen LogP contribution in [0.1, 0.15) is 32.3 Å². The van der Waals surface area contributed by atoms with Crippen LogP contribution in [-0.4, -0.2) is 17.6 Å². The zero-order valence-electron chi connectivity index (χ0n) is 10.8. The molecule has 1 fully saturated rings. The van der Waals surface area contributed by atoms with E-state index in [1.54, 1.807) is 0 Å². The van der Waals surface area contributed by atoms with Gasteiger partial charge in [-0.2, -0.15) is 0 Å². The van der Waals surface area contributed by atoms with E-state index in [0.717, 1.165) is 17.8 Å². The molecular formula is C14H19ClN2S. The Labute approximate surface area is 119 Å². The smallest absolute Gasteiger partial charge is 0.107 e.